The fourth-order valence-corrected chi connectivity index (χ4v) is 5.11. The highest BCUT2D eigenvalue weighted by Gasteiger charge is 2.20. The third-order valence-corrected chi connectivity index (χ3v) is 6.88. The zero-order valence-electron chi connectivity index (χ0n) is 15.7. The smallest absolute Gasteiger partial charge is 0.258 e. The quantitative estimate of drug-likeness (QED) is 0.676. The normalized spacial score (nSPS) is 15.8. The van der Waals surface area contributed by atoms with Crippen LogP contribution in [0.15, 0.2) is 23.2 Å². The van der Waals surface area contributed by atoms with Gasteiger partial charge in [0.15, 0.2) is 4.80 Å². The van der Waals surface area contributed by atoms with Crippen LogP contribution in [0, 0.1) is 18.3 Å². The van der Waals surface area contributed by atoms with Crippen LogP contribution in [-0.2, 0) is 16.1 Å². The number of halogens is 1. The highest BCUT2D eigenvalue weighted by molar-refractivity contribution is 8.00. The molecule has 1 fully saturated rings. The molecule has 1 aromatic heterocycles. The summed E-state index contributed by atoms with van der Waals surface area (Å²) in [6.45, 7) is 4.17. The van der Waals surface area contributed by atoms with Crippen molar-refractivity contribution < 1.29 is 9.59 Å². The molecule has 148 valence electrons. The number of nitrogens with zero attached hydrogens (tertiary/aromatic N) is 3. The molecule has 2 heterocycles. The fraction of sp³-hybridized carbons (Fsp3) is 0.450. The summed E-state index contributed by atoms with van der Waals surface area (Å²) in [5, 5.41) is 0.626. The standard InChI is InChI=1S/C20H22ClN3O2S2/c1-3-8-24-16-5-4-15(21)11-17(16)28-20(24)22-18(25)12-27-13-19(26)23-9-6-14(2)7-10-23/h1,4-5,11,14H,6-10,12-13H2,2H3. The summed E-state index contributed by atoms with van der Waals surface area (Å²) in [4.78, 5) is 31.2. The van der Waals surface area contributed by atoms with Gasteiger partial charge in [-0.05, 0) is 37.0 Å². The van der Waals surface area contributed by atoms with Crippen molar-refractivity contribution in [3.8, 4) is 12.3 Å². The van der Waals surface area contributed by atoms with Gasteiger partial charge in [-0.25, -0.2) is 0 Å². The number of hydrogen-bond donors (Lipinski definition) is 0. The summed E-state index contributed by atoms with van der Waals surface area (Å²) in [6.07, 6.45) is 7.57. The largest absolute Gasteiger partial charge is 0.342 e. The molecule has 0 radical (unpaired) electrons. The van der Waals surface area contributed by atoms with Crippen LogP contribution < -0.4 is 4.80 Å². The Morgan fingerprint density at radius 2 is 2.11 bits per heavy atom. The van der Waals surface area contributed by atoms with Gasteiger partial charge in [0.05, 0.1) is 28.3 Å². The van der Waals surface area contributed by atoms with E-state index in [1.54, 1.807) is 6.07 Å². The maximum atomic E-state index is 12.3. The first-order chi connectivity index (χ1) is 13.5. The van der Waals surface area contributed by atoms with E-state index in [0.29, 0.717) is 28.0 Å². The number of rotatable bonds is 5. The van der Waals surface area contributed by atoms with Crippen molar-refractivity contribution in [2.75, 3.05) is 24.6 Å². The van der Waals surface area contributed by atoms with Crippen molar-refractivity contribution in [2.24, 2.45) is 10.9 Å². The number of amides is 2. The average Bonchev–Trinajstić information content (AvgIpc) is 2.98. The van der Waals surface area contributed by atoms with Crippen LogP contribution in [0.4, 0.5) is 0 Å². The van der Waals surface area contributed by atoms with Crippen LogP contribution in [0.5, 0.6) is 0 Å². The SMILES string of the molecule is C#CCn1c(=NC(=O)CSCC(=O)N2CCC(C)CC2)sc2cc(Cl)ccc21. The summed E-state index contributed by atoms with van der Waals surface area (Å²) < 4.78 is 2.76. The molecule has 0 N–H and O–H groups in total. The molecule has 0 spiro atoms. The average molecular weight is 436 g/mol. The van der Waals surface area contributed by atoms with E-state index >= 15 is 0 Å². The van der Waals surface area contributed by atoms with E-state index in [1.165, 1.54) is 23.1 Å². The molecule has 5 nitrogen and oxygen atoms in total. The van der Waals surface area contributed by atoms with Crippen molar-refractivity contribution >= 4 is 56.7 Å². The van der Waals surface area contributed by atoms with Gasteiger partial charge in [-0.1, -0.05) is 35.8 Å². The Bertz CT molecular complexity index is 981. The Labute approximate surface area is 177 Å². The van der Waals surface area contributed by atoms with Crippen molar-refractivity contribution in [3.05, 3.63) is 28.0 Å². The first-order valence-electron chi connectivity index (χ1n) is 9.13. The van der Waals surface area contributed by atoms with Crippen molar-refractivity contribution in [1.82, 2.24) is 9.47 Å². The molecule has 0 saturated carbocycles. The summed E-state index contributed by atoms with van der Waals surface area (Å²) in [5.41, 5.74) is 0.904. The number of thioether (sulfide) groups is 1. The molecule has 0 aliphatic carbocycles. The number of hydrogen-bond acceptors (Lipinski definition) is 4. The van der Waals surface area contributed by atoms with Crippen LogP contribution in [0.2, 0.25) is 5.02 Å². The zero-order valence-corrected chi connectivity index (χ0v) is 18.1. The van der Waals surface area contributed by atoms with Gasteiger partial charge in [0.1, 0.15) is 0 Å². The number of benzene rings is 1. The zero-order chi connectivity index (χ0) is 20.1. The Kier molecular flexibility index (Phi) is 7.22. The van der Waals surface area contributed by atoms with E-state index in [1.807, 2.05) is 21.6 Å². The number of carbonyl (C=O) groups excluding carboxylic acids is 2. The molecule has 1 saturated heterocycles. The predicted molar refractivity (Wildman–Crippen MR) is 117 cm³/mol. The van der Waals surface area contributed by atoms with Gasteiger partial charge in [0.25, 0.3) is 5.91 Å². The van der Waals surface area contributed by atoms with Gasteiger partial charge in [-0.3, -0.25) is 9.59 Å². The van der Waals surface area contributed by atoms with E-state index in [-0.39, 0.29) is 17.6 Å². The lowest BCUT2D eigenvalue weighted by Gasteiger charge is -2.30. The summed E-state index contributed by atoms with van der Waals surface area (Å²) in [7, 11) is 0. The van der Waals surface area contributed by atoms with E-state index in [9.17, 15) is 9.59 Å². The van der Waals surface area contributed by atoms with E-state index < -0.39 is 0 Å². The minimum atomic E-state index is -0.270. The number of carbonyl (C=O) groups is 2. The third kappa shape index (κ3) is 5.19. The van der Waals surface area contributed by atoms with Crippen molar-refractivity contribution in [1.29, 1.82) is 0 Å². The third-order valence-electron chi connectivity index (χ3n) is 4.70. The molecule has 0 unspecified atom stereocenters. The van der Waals surface area contributed by atoms with E-state index in [4.69, 9.17) is 18.0 Å². The molecule has 1 aliphatic heterocycles. The van der Waals surface area contributed by atoms with Gasteiger partial charge in [-0.15, -0.1) is 18.2 Å². The van der Waals surface area contributed by atoms with E-state index in [0.717, 1.165) is 36.1 Å². The van der Waals surface area contributed by atoms with E-state index in [2.05, 4.69) is 17.8 Å². The molecule has 0 bridgehead atoms. The molecule has 8 heteroatoms. The highest BCUT2D eigenvalue weighted by atomic mass is 35.5. The minimum absolute atomic E-state index is 0.101. The summed E-state index contributed by atoms with van der Waals surface area (Å²) in [6, 6.07) is 5.50. The maximum absolute atomic E-state index is 12.3. The monoisotopic (exact) mass is 435 g/mol. The first kappa shape index (κ1) is 21.0. The van der Waals surface area contributed by atoms with Crippen LogP contribution in [0.25, 0.3) is 10.2 Å². The second-order valence-electron chi connectivity index (χ2n) is 6.85. The molecule has 0 atom stereocenters. The Morgan fingerprint density at radius 1 is 1.36 bits per heavy atom. The molecule has 3 rings (SSSR count). The Hall–Kier alpha value is -1.75. The van der Waals surface area contributed by atoms with Crippen LogP contribution in [0.3, 0.4) is 0 Å². The van der Waals surface area contributed by atoms with Crippen molar-refractivity contribution in [3.63, 3.8) is 0 Å². The number of fused-ring (bicyclic) bond motifs is 1. The Balaban J connectivity index is 1.63. The lowest BCUT2D eigenvalue weighted by molar-refractivity contribution is -0.129. The molecule has 28 heavy (non-hydrogen) atoms. The van der Waals surface area contributed by atoms with Gasteiger partial charge >= 0.3 is 0 Å². The molecule has 2 amide bonds. The summed E-state index contributed by atoms with van der Waals surface area (Å²) >= 11 is 8.74. The maximum Gasteiger partial charge on any atom is 0.258 e. The number of likely N-dealkylation sites (tertiary alicyclic amines) is 1. The lowest BCUT2D eigenvalue weighted by Crippen LogP contribution is -2.39. The van der Waals surface area contributed by atoms with Crippen molar-refractivity contribution in [2.45, 2.75) is 26.3 Å². The second-order valence-corrected chi connectivity index (χ2v) is 9.28. The molecular weight excluding hydrogens is 414 g/mol. The van der Waals surface area contributed by atoms with Gasteiger partial charge in [0, 0.05) is 18.1 Å². The van der Waals surface area contributed by atoms with Gasteiger partial charge < -0.3 is 9.47 Å². The molecular formula is C20H22ClN3O2S2. The Morgan fingerprint density at radius 3 is 2.82 bits per heavy atom. The number of aromatic nitrogens is 1. The van der Waals surface area contributed by atoms with Gasteiger partial charge in [0.2, 0.25) is 5.91 Å². The van der Waals surface area contributed by atoms with Crippen LogP contribution >= 0.6 is 34.7 Å². The highest BCUT2D eigenvalue weighted by Crippen LogP contribution is 2.22. The second kappa shape index (κ2) is 9.64. The number of piperidine rings is 1. The topological polar surface area (TPSA) is 54.7 Å². The molecule has 1 aromatic carbocycles. The summed E-state index contributed by atoms with van der Waals surface area (Å²) in [5.74, 6) is 3.59. The number of terminal acetylenes is 1. The fourth-order valence-electron chi connectivity index (χ4n) is 3.09. The molecule has 2 aromatic rings. The predicted octanol–water partition coefficient (Wildman–Crippen LogP) is 3.41. The first-order valence-corrected chi connectivity index (χ1v) is 11.5. The number of thiazole rings is 1. The molecule has 1 aliphatic rings. The van der Waals surface area contributed by atoms with Gasteiger partial charge in [-0.2, -0.15) is 4.99 Å². The van der Waals surface area contributed by atoms with Crippen LogP contribution in [-0.4, -0.2) is 45.9 Å². The van der Waals surface area contributed by atoms with Crippen LogP contribution in [0.1, 0.15) is 19.8 Å². The minimum Gasteiger partial charge on any atom is -0.342 e. The lowest BCUT2D eigenvalue weighted by atomic mass is 9.99.